The fourth-order valence-corrected chi connectivity index (χ4v) is 1.58. The maximum atomic E-state index is 10.2. The first kappa shape index (κ1) is 11.0. The molecule has 0 saturated carbocycles. The summed E-state index contributed by atoms with van der Waals surface area (Å²) in [5, 5.41) is 0. The number of rotatable bonds is 6. The van der Waals surface area contributed by atoms with Crippen LogP contribution in [0.3, 0.4) is 0 Å². The van der Waals surface area contributed by atoms with E-state index in [2.05, 4.69) is 31.2 Å². The molecule has 76 valence electrons. The zero-order valence-corrected chi connectivity index (χ0v) is 8.78. The summed E-state index contributed by atoms with van der Waals surface area (Å²) in [5.41, 5.74) is 1.39. The average molecular weight is 190 g/mol. The second-order valence-corrected chi connectivity index (χ2v) is 3.89. The SMILES string of the molecule is CC(CC=O)CCCc1ccccc1. The van der Waals surface area contributed by atoms with Gasteiger partial charge in [0.1, 0.15) is 6.29 Å². The van der Waals surface area contributed by atoms with Crippen molar-refractivity contribution in [3.8, 4) is 0 Å². The lowest BCUT2D eigenvalue weighted by atomic mass is 9.99. The van der Waals surface area contributed by atoms with Crippen molar-refractivity contribution < 1.29 is 4.79 Å². The molecule has 0 fully saturated rings. The fraction of sp³-hybridized carbons (Fsp3) is 0.462. The van der Waals surface area contributed by atoms with Crippen LogP contribution in [0.4, 0.5) is 0 Å². The van der Waals surface area contributed by atoms with E-state index in [0.717, 1.165) is 19.1 Å². The van der Waals surface area contributed by atoms with E-state index in [1.54, 1.807) is 0 Å². The van der Waals surface area contributed by atoms with Gasteiger partial charge in [-0.15, -0.1) is 0 Å². The minimum Gasteiger partial charge on any atom is -0.303 e. The number of benzene rings is 1. The van der Waals surface area contributed by atoms with Crippen molar-refractivity contribution >= 4 is 6.29 Å². The van der Waals surface area contributed by atoms with Crippen LogP contribution < -0.4 is 0 Å². The van der Waals surface area contributed by atoms with E-state index in [4.69, 9.17) is 0 Å². The molecule has 0 aliphatic rings. The molecule has 0 amide bonds. The van der Waals surface area contributed by atoms with Crippen LogP contribution >= 0.6 is 0 Å². The molecule has 0 saturated heterocycles. The summed E-state index contributed by atoms with van der Waals surface area (Å²) in [6, 6.07) is 10.5. The first-order valence-electron chi connectivity index (χ1n) is 5.30. The van der Waals surface area contributed by atoms with Crippen LogP contribution in [0.5, 0.6) is 0 Å². The predicted octanol–water partition coefficient (Wildman–Crippen LogP) is 3.23. The van der Waals surface area contributed by atoms with Gasteiger partial charge in [0.05, 0.1) is 0 Å². The van der Waals surface area contributed by atoms with Gasteiger partial charge in [-0.3, -0.25) is 0 Å². The Hall–Kier alpha value is -1.11. The van der Waals surface area contributed by atoms with Crippen molar-refractivity contribution in [1.82, 2.24) is 0 Å². The van der Waals surface area contributed by atoms with E-state index >= 15 is 0 Å². The Balaban J connectivity index is 2.18. The predicted molar refractivity (Wildman–Crippen MR) is 59.2 cm³/mol. The zero-order valence-electron chi connectivity index (χ0n) is 8.78. The van der Waals surface area contributed by atoms with Crippen LogP contribution in [0.15, 0.2) is 30.3 Å². The summed E-state index contributed by atoms with van der Waals surface area (Å²) in [6.07, 6.45) is 5.18. The summed E-state index contributed by atoms with van der Waals surface area (Å²) in [6.45, 7) is 2.14. The van der Waals surface area contributed by atoms with Gasteiger partial charge in [0, 0.05) is 6.42 Å². The molecule has 1 aromatic carbocycles. The number of carbonyl (C=O) groups is 1. The first-order valence-corrected chi connectivity index (χ1v) is 5.30. The molecule has 0 aliphatic carbocycles. The maximum absolute atomic E-state index is 10.2. The van der Waals surface area contributed by atoms with Gasteiger partial charge in [-0.05, 0) is 30.7 Å². The maximum Gasteiger partial charge on any atom is 0.120 e. The fourth-order valence-electron chi connectivity index (χ4n) is 1.58. The Morgan fingerprint density at radius 3 is 2.64 bits per heavy atom. The van der Waals surface area contributed by atoms with Crippen LogP contribution in [-0.2, 0) is 11.2 Å². The first-order chi connectivity index (χ1) is 6.83. The molecule has 0 aliphatic heterocycles. The molecular formula is C13H18O. The Morgan fingerprint density at radius 1 is 1.29 bits per heavy atom. The van der Waals surface area contributed by atoms with Gasteiger partial charge in [-0.2, -0.15) is 0 Å². The highest BCUT2D eigenvalue weighted by Crippen LogP contribution is 2.12. The van der Waals surface area contributed by atoms with Gasteiger partial charge < -0.3 is 4.79 Å². The Bertz CT molecular complexity index is 253. The topological polar surface area (TPSA) is 17.1 Å². The van der Waals surface area contributed by atoms with E-state index in [1.807, 2.05) is 6.07 Å². The second kappa shape index (κ2) is 6.36. The average Bonchev–Trinajstić information content (AvgIpc) is 2.20. The number of hydrogen-bond acceptors (Lipinski definition) is 1. The Kier molecular flexibility index (Phi) is 4.98. The third-order valence-electron chi connectivity index (χ3n) is 2.50. The summed E-state index contributed by atoms with van der Waals surface area (Å²) in [5.74, 6) is 0.538. The van der Waals surface area contributed by atoms with Crippen molar-refractivity contribution in [2.24, 2.45) is 5.92 Å². The van der Waals surface area contributed by atoms with Crippen molar-refractivity contribution in [3.05, 3.63) is 35.9 Å². The quantitative estimate of drug-likeness (QED) is 0.629. The summed E-state index contributed by atoms with van der Waals surface area (Å²) >= 11 is 0. The molecule has 0 aromatic heterocycles. The molecule has 0 spiro atoms. The number of aryl methyl sites for hydroxylation is 1. The second-order valence-electron chi connectivity index (χ2n) is 3.89. The summed E-state index contributed by atoms with van der Waals surface area (Å²) in [7, 11) is 0. The van der Waals surface area contributed by atoms with E-state index in [9.17, 15) is 4.79 Å². The molecule has 1 atom stereocenters. The monoisotopic (exact) mass is 190 g/mol. The molecule has 14 heavy (non-hydrogen) atoms. The van der Waals surface area contributed by atoms with Gasteiger partial charge >= 0.3 is 0 Å². The highest BCUT2D eigenvalue weighted by molar-refractivity contribution is 5.49. The van der Waals surface area contributed by atoms with E-state index in [0.29, 0.717) is 12.3 Å². The van der Waals surface area contributed by atoms with Crippen molar-refractivity contribution in [3.63, 3.8) is 0 Å². The van der Waals surface area contributed by atoms with E-state index < -0.39 is 0 Å². The van der Waals surface area contributed by atoms with Crippen LogP contribution in [-0.4, -0.2) is 6.29 Å². The smallest absolute Gasteiger partial charge is 0.120 e. The molecule has 1 unspecified atom stereocenters. The molecule has 0 radical (unpaired) electrons. The lowest BCUT2D eigenvalue weighted by Gasteiger charge is -2.06. The molecule has 1 nitrogen and oxygen atoms in total. The molecule has 0 N–H and O–H groups in total. The van der Waals surface area contributed by atoms with Crippen molar-refractivity contribution in [2.75, 3.05) is 0 Å². The van der Waals surface area contributed by atoms with Gasteiger partial charge in [-0.1, -0.05) is 37.3 Å². The molecular weight excluding hydrogens is 172 g/mol. The van der Waals surface area contributed by atoms with E-state index in [1.165, 1.54) is 12.0 Å². The van der Waals surface area contributed by atoms with Gasteiger partial charge in [0.15, 0.2) is 0 Å². The highest BCUT2D eigenvalue weighted by Gasteiger charge is 2.00. The van der Waals surface area contributed by atoms with Gasteiger partial charge in [0.2, 0.25) is 0 Å². The molecule has 0 bridgehead atoms. The largest absolute Gasteiger partial charge is 0.303 e. The van der Waals surface area contributed by atoms with Crippen LogP contribution in [0, 0.1) is 5.92 Å². The third kappa shape index (κ3) is 4.22. The standard InChI is InChI=1S/C13H18O/c1-12(10-11-14)6-5-9-13-7-3-2-4-8-13/h2-4,7-8,11-12H,5-6,9-10H2,1H3. The van der Waals surface area contributed by atoms with Crippen LogP contribution in [0.1, 0.15) is 31.7 Å². The molecule has 0 heterocycles. The van der Waals surface area contributed by atoms with Crippen molar-refractivity contribution in [2.45, 2.75) is 32.6 Å². The third-order valence-corrected chi connectivity index (χ3v) is 2.50. The molecule has 1 heteroatoms. The number of aldehydes is 1. The van der Waals surface area contributed by atoms with Crippen LogP contribution in [0.2, 0.25) is 0 Å². The van der Waals surface area contributed by atoms with Crippen molar-refractivity contribution in [1.29, 1.82) is 0 Å². The minimum absolute atomic E-state index is 0.538. The molecule has 1 aromatic rings. The number of hydrogen-bond donors (Lipinski definition) is 0. The normalized spacial score (nSPS) is 12.4. The lowest BCUT2D eigenvalue weighted by molar-refractivity contribution is -0.108. The highest BCUT2D eigenvalue weighted by atomic mass is 16.1. The summed E-state index contributed by atoms with van der Waals surface area (Å²) in [4.78, 5) is 10.2. The minimum atomic E-state index is 0.538. The van der Waals surface area contributed by atoms with Gasteiger partial charge in [-0.25, -0.2) is 0 Å². The number of carbonyl (C=O) groups excluding carboxylic acids is 1. The Morgan fingerprint density at radius 2 is 2.00 bits per heavy atom. The zero-order chi connectivity index (χ0) is 10.2. The van der Waals surface area contributed by atoms with E-state index in [-0.39, 0.29) is 0 Å². The van der Waals surface area contributed by atoms with Crippen LogP contribution in [0.25, 0.3) is 0 Å². The Labute approximate surface area is 86.1 Å². The van der Waals surface area contributed by atoms with Gasteiger partial charge in [0.25, 0.3) is 0 Å². The lowest BCUT2D eigenvalue weighted by Crippen LogP contribution is -1.96. The molecule has 1 rings (SSSR count). The summed E-state index contributed by atoms with van der Waals surface area (Å²) < 4.78 is 0.